The monoisotopic (exact) mass is 329 g/mol. The molecule has 3 rings (SSSR count). The summed E-state index contributed by atoms with van der Waals surface area (Å²) in [5.41, 5.74) is 0.349. The van der Waals surface area contributed by atoms with E-state index in [1.807, 2.05) is 0 Å². The summed E-state index contributed by atoms with van der Waals surface area (Å²) in [4.78, 5) is 24.7. The molecule has 0 unspecified atom stereocenters. The lowest BCUT2D eigenvalue weighted by atomic mass is 9.78. The van der Waals surface area contributed by atoms with Crippen molar-refractivity contribution in [2.24, 2.45) is 5.41 Å². The van der Waals surface area contributed by atoms with Gasteiger partial charge in [-0.2, -0.15) is 5.10 Å². The zero-order chi connectivity index (χ0) is 15.0. The van der Waals surface area contributed by atoms with Crippen LogP contribution >= 0.6 is 12.4 Å². The molecule has 0 aliphatic carbocycles. The molecule has 0 saturated carbocycles. The number of aromatic amines is 1. The van der Waals surface area contributed by atoms with Gasteiger partial charge >= 0.3 is 5.69 Å². The first-order chi connectivity index (χ1) is 10.0. The quantitative estimate of drug-likeness (QED) is 0.628. The number of amides is 1. The highest BCUT2D eigenvalue weighted by Gasteiger charge is 2.39. The Morgan fingerprint density at radius 2 is 2.05 bits per heavy atom. The number of hydrogen-bond acceptors (Lipinski definition) is 5. The molecule has 1 amide bonds. The second-order valence-electron chi connectivity index (χ2n) is 6.02. The Morgan fingerprint density at radius 3 is 2.59 bits per heavy atom. The van der Waals surface area contributed by atoms with E-state index in [0.29, 0.717) is 24.2 Å². The number of carbonyl (C=O) groups excluding carboxylic acids is 1. The van der Waals surface area contributed by atoms with E-state index in [1.165, 1.54) is 0 Å². The van der Waals surface area contributed by atoms with Crippen molar-refractivity contribution in [2.45, 2.75) is 26.2 Å². The Morgan fingerprint density at radius 1 is 1.36 bits per heavy atom. The van der Waals surface area contributed by atoms with Gasteiger partial charge in [0.05, 0.1) is 4.92 Å². The summed E-state index contributed by atoms with van der Waals surface area (Å²) >= 11 is 0. The summed E-state index contributed by atoms with van der Waals surface area (Å²) in [5.74, 6) is -0.341. The normalized spacial score (nSPS) is 20.0. The van der Waals surface area contributed by atoms with Crippen LogP contribution in [0.1, 0.15) is 35.4 Å². The first kappa shape index (κ1) is 16.7. The number of nitro groups is 1. The van der Waals surface area contributed by atoms with E-state index in [0.717, 1.165) is 32.4 Å². The molecule has 2 fully saturated rings. The van der Waals surface area contributed by atoms with Crippen LogP contribution in [0.5, 0.6) is 0 Å². The lowest BCUT2D eigenvalue weighted by Crippen LogP contribution is -2.44. The van der Waals surface area contributed by atoms with Crippen LogP contribution in [-0.2, 0) is 0 Å². The predicted molar refractivity (Wildman–Crippen MR) is 82.3 cm³/mol. The van der Waals surface area contributed by atoms with Gasteiger partial charge in [-0.05, 0) is 38.1 Å². The average molecular weight is 330 g/mol. The van der Waals surface area contributed by atoms with Gasteiger partial charge < -0.3 is 10.2 Å². The van der Waals surface area contributed by atoms with Gasteiger partial charge in [-0.1, -0.05) is 0 Å². The number of aryl methyl sites for hydroxylation is 1. The van der Waals surface area contributed by atoms with Crippen molar-refractivity contribution in [3.8, 4) is 0 Å². The van der Waals surface area contributed by atoms with Crippen molar-refractivity contribution in [1.82, 2.24) is 20.4 Å². The fraction of sp³-hybridized carbons (Fsp3) is 0.692. The third-order valence-corrected chi connectivity index (χ3v) is 4.74. The number of piperidine rings is 1. The van der Waals surface area contributed by atoms with Gasteiger partial charge in [0.1, 0.15) is 5.69 Å². The molecule has 0 radical (unpaired) electrons. The molecule has 122 valence electrons. The standard InChI is InChI=1S/C13H19N5O3.ClH/c1-9-11(18(20)21)10(16-15-9)12(19)17-6-3-13(4-7-17)2-5-14-8-13;/h14H,2-8H2,1H3,(H,15,16);1H. The summed E-state index contributed by atoms with van der Waals surface area (Å²) in [5, 5.41) is 20.8. The van der Waals surface area contributed by atoms with Crippen LogP contribution in [0.25, 0.3) is 0 Å². The first-order valence-corrected chi connectivity index (χ1v) is 7.22. The molecule has 0 atom stereocenters. The summed E-state index contributed by atoms with van der Waals surface area (Å²) in [6.07, 6.45) is 3.04. The number of hydrogen-bond donors (Lipinski definition) is 2. The molecule has 2 N–H and O–H groups in total. The number of nitrogens with one attached hydrogen (secondary N) is 2. The summed E-state index contributed by atoms with van der Waals surface area (Å²) in [7, 11) is 0. The van der Waals surface area contributed by atoms with Crippen molar-refractivity contribution in [2.75, 3.05) is 26.2 Å². The second kappa shape index (κ2) is 6.21. The number of carbonyl (C=O) groups is 1. The zero-order valence-corrected chi connectivity index (χ0v) is 13.2. The number of H-pyrrole nitrogens is 1. The highest BCUT2D eigenvalue weighted by Crippen LogP contribution is 2.37. The molecular weight excluding hydrogens is 310 g/mol. The van der Waals surface area contributed by atoms with Crippen LogP contribution < -0.4 is 5.32 Å². The smallest absolute Gasteiger partial charge is 0.322 e. The van der Waals surface area contributed by atoms with Gasteiger partial charge in [0.15, 0.2) is 0 Å². The maximum absolute atomic E-state index is 12.5. The third-order valence-electron chi connectivity index (χ3n) is 4.74. The molecule has 2 aliphatic heterocycles. The topological polar surface area (TPSA) is 104 Å². The molecule has 22 heavy (non-hydrogen) atoms. The Hall–Kier alpha value is -1.67. The number of aromatic nitrogens is 2. The van der Waals surface area contributed by atoms with E-state index in [9.17, 15) is 14.9 Å². The minimum absolute atomic E-state index is 0. The predicted octanol–water partition coefficient (Wildman–Crippen LogP) is 1.26. The van der Waals surface area contributed by atoms with Gasteiger partial charge in [0.25, 0.3) is 5.91 Å². The van der Waals surface area contributed by atoms with Crippen molar-refractivity contribution < 1.29 is 9.72 Å². The Bertz CT molecular complexity index is 572. The van der Waals surface area contributed by atoms with E-state index >= 15 is 0 Å². The van der Waals surface area contributed by atoms with Crippen LogP contribution in [0, 0.1) is 22.5 Å². The van der Waals surface area contributed by atoms with Crippen molar-refractivity contribution >= 4 is 24.0 Å². The number of halogens is 1. The van der Waals surface area contributed by atoms with Crippen LogP contribution in [-0.4, -0.2) is 52.1 Å². The zero-order valence-electron chi connectivity index (χ0n) is 12.4. The summed E-state index contributed by atoms with van der Waals surface area (Å²) < 4.78 is 0. The van der Waals surface area contributed by atoms with E-state index in [4.69, 9.17) is 0 Å². The Balaban J connectivity index is 0.00000176. The third kappa shape index (κ3) is 2.80. The van der Waals surface area contributed by atoms with Gasteiger partial charge in [-0.25, -0.2) is 0 Å². The fourth-order valence-corrected chi connectivity index (χ4v) is 3.35. The molecule has 2 aliphatic rings. The number of rotatable bonds is 2. The van der Waals surface area contributed by atoms with Crippen molar-refractivity contribution in [1.29, 1.82) is 0 Å². The highest BCUT2D eigenvalue weighted by atomic mass is 35.5. The lowest BCUT2D eigenvalue weighted by molar-refractivity contribution is -0.385. The summed E-state index contributed by atoms with van der Waals surface area (Å²) in [6.45, 7) is 4.89. The largest absolute Gasteiger partial charge is 0.337 e. The second-order valence-corrected chi connectivity index (χ2v) is 6.02. The van der Waals surface area contributed by atoms with Gasteiger partial charge in [0, 0.05) is 19.6 Å². The van der Waals surface area contributed by atoms with Gasteiger partial charge in [-0.3, -0.25) is 20.0 Å². The maximum atomic E-state index is 12.5. The lowest BCUT2D eigenvalue weighted by Gasteiger charge is -2.38. The van der Waals surface area contributed by atoms with Crippen molar-refractivity contribution in [3.05, 3.63) is 21.5 Å². The van der Waals surface area contributed by atoms with Crippen LogP contribution in [0.15, 0.2) is 0 Å². The molecule has 1 spiro atoms. The van der Waals surface area contributed by atoms with Crippen LogP contribution in [0.2, 0.25) is 0 Å². The number of nitrogens with zero attached hydrogens (tertiary/aromatic N) is 3. The average Bonchev–Trinajstić information content (AvgIpc) is 3.06. The maximum Gasteiger partial charge on any atom is 0.322 e. The molecule has 9 heteroatoms. The minimum Gasteiger partial charge on any atom is -0.337 e. The van der Waals surface area contributed by atoms with Crippen LogP contribution in [0.4, 0.5) is 5.69 Å². The Kier molecular flexibility index (Phi) is 4.72. The molecule has 2 saturated heterocycles. The number of likely N-dealkylation sites (tertiary alicyclic amines) is 1. The minimum atomic E-state index is -0.543. The van der Waals surface area contributed by atoms with E-state index in [-0.39, 0.29) is 29.7 Å². The first-order valence-electron chi connectivity index (χ1n) is 7.22. The van der Waals surface area contributed by atoms with E-state index < -0.39 is 4.92 Å². The van der Waals surface area contributed by atoms with Crippen molar-refractivity contribution in [3.63, 3.8) is 0 Å². The summed E-state index contributed by atoms with van der Waals surface area (Å²) in [6, 6.07) is 0. The van der Waals surface area contributed by atoms with E-state index in [1.54, 1.807) is 11.8 Å². The van der Waals surface area contributed by atoms with Gasteiger partial charge in [0.2, 0.25) is 5.69 Å². The fourth-order valence-electron chi connectivity index (χ4n) is 3.35. The molecule has 1 aromatic heterocycles. The Labute approximate surface area is 134 Å². The highest BCUT2D eigenvalue weighted by molar-refractivity contribution is 5.96. The molecule has 8 nitrogen and oxygen atoms in total. The molecule has 1 aromatic rings. The van der Waals surface area contributed by atoms with E-state index in [2.05, 4.69) is 15.5 Å². The molecule has 3 heterocycles. The van der Waals surface area contributed by atoms with Crippen LogP contribution in [0.3, 0.4) is 0 Å². The molecule has 0 aromatic carbocycles. The molecule has 0 bridgehead atoms. The SMILES string of the molecule is Cc1[nH]nc(C(=O)N2CCC3(CCNC3)CC2)c1[N+](=O)[O-].Cl. The van der Waals surface area contributed by atoms with Gasteiger partial charge in [-0.15, -0.1) is 12.4 Å². The molecular formula is C13H20ClN5O3.